The zero-order valence-corrected chi connectivity index (χ0v) is 18.0. The second-order valence-corrected chi connectivity index (χ2v) is 9.39. The number of likely N-dealkylation sites (tertiary alicyclic amines) is 1. The monoisotopic (exact) mass is 399 g/mol. The normalized spacial score (nSPS) is 19.4. The van der Waals surface area contributed by atoms with Gasteiger partial charge in [-0.25, -0.2) is 0 Å². The largest absolute Gasteiger partial charge is 0.388 e. The zero-order chi connectivity index (χ0) is 22.0. The van der Waals surface area contributed by atoms with Crippen LogP contribution in [0.3, 0.4) is 0 Å². The number of carbonyl (C=O) groups is 2. The average molecular weight is 400 g/mol. The minimum Gasteiger partial charge on any atom is -0.388 e. The van der Waals surface area contributed by atoms with Crippen molar-refractivity contribution in [1.29, 1.82) is 0 Å². The highest BCUT2D eigenvalue weighted by molar-refractivity contribution is 5.90. The molecule has 29 heavy (non-hydrogen) atoms. The highest BCUT2D eigenvalue weighted by atomic mass is 16.3. The van der Waals surface area contributed by atoms with Gasteiger partial charge in [0, 0.05) is 12.1 Å². The molecular weight excluding hydrogens is 366 g/mol. The van der Waals surface area contributed by atoms with Gasteiger partial charge in [-0.15, -0.1) is 6.42 Å². The fraction of sp³-hybridized carbons (Fsp3) is 0.565. The molecule has 1 aliphatic heterocycles. The number of carbonyl (C=O) groups excluding carboxylic acids is 2. The van der Waals surface area contributed by atoms with Crippen molar-refractivity contribution in [1.82, 2.24) is 10.2 Å². The van der Waals surface area contributed by atoms with Crippen molar-refractivity contribution in [2.45, 2.75) is 71.2 Å². The van der Waals surface area contributed by atoms with Gasteiger partial charge in [0.15, 0.2) is 0 Å². The van der Waals surface area contributed by atoms with Crippen LogP contribution in [-0.4, -0.2) is 46.1 Å². The first-order valence-electron chi connectivity index (χ1n) is 10.0. The third-order valence-corrected chi connectivity index (χ3v) is 5.44. The molecule has 6 nitrogen and oxygen atoms in total. The Labute approximate surface area is 173 Å². The average Bonchev–Trinajstić information content (AvgIpc) is 3.13. The topological polar surface area (TPSA) is 95.7 Å². The zero-order valence-electron chi connectivity index (χ0n) is 18.0. The number of amides is 2. The first-order chi connectivity index (χ1) is 13.4. The number of nitrogens with two attached hydrogens (primary N) is 1. The lowest BCUT2D eigenvalue weighted by Crippen LogP contribution is -2.56. The molecule has 0 saturated carbocycles. The van der Waals surface area contributed by atoms with Gasteiger partial charge in [0.05, 0.1) is 17.7 Å². The Morgan fingerprint density at radius 1 is 1.24 bits per heavy atom. The van der Waals surface area contributed by atoms with Crippen LogP contribution in [0.15, 0.2) is 24.3 Å². The molecule has 3 atom stereocenters. The van der Waals surface area contributed by atoms with E-state index in [0.717, 1.165) is 17.5 Å². The molecule has 1 aliphatic rings. The van der Waals surface area contributed by atoms with Gasteiger partial charge < -0.3 is 21.1 Å². The van der Waals surface area contributed by atoms with Gasteiger partial charge in [-0.3, -0.25) is 9.59 Å². The minimum atomic E-state index is -1.21. The number of rotatable bonds is 5. The van der Waals surface area contributed by atoms with E-state index in [1.807, 2.05) is 20.8 Å². The van der Waals surface area contributed by atoms with Gasteiger partial charge in [-0.2, -0.15) is 0 Å². The number of nitrogens with one attached hydrogen (secondary N) is 1. The van der Waals surface area contributed by atoms with Crippen molar-refractivity contribution in [3.8, 4) is 12.3 Å². The Bertz CT molecular complexity index is 782. The Morgan fingerprint density at radius 3 is 2.31 bits per heavy atom. The van der Waals surface area contributed by atoms with Crippen LogP contribution in [0.25, 0.3) is 0 Å². The van der Waals surface area contributed by atoms with Crippen LogP contribution in [0.4, 0.5) is 0 Å². The summed E-state index contributed by atoms with van der Waals surface area (Å²) >= 11 is 0. The maximum Gasteiger partial charge on any atom is 0.243 e. The number of terminal acetylenes is 1. The van der Waals surface area contributed by atoms with Crippen molar-refractivity contribution in [2.75, 3.05) is 6.54 Å². The predicted octanol–water partition coefficient (Wildman–Crippen LogP) is 1.96. The van der Waals surface area contributed by atoms with E-state index in [1.54, 1.807) is 43.0 Å². The lowest BCUT2D eigenvalue weighted by molar-refractivity contribution is -0.142. The summed E-state index contributed by atoms with van der Waals surface area (Å²) in [6.45, 7) is 9.51. The maximum atomic E-state index is 13.1. The number of hydrogen-bond acceptors (Lipinski definition) is 4. The van der Waals surface area contributed by atoms with Crippen molar-refractivity contribution < 1.29 is 14.7 Å². The Hall–Kier alpha value is -2.36. The van der Waals surface area contributed by atoms with Gasteiger partial charge >= 0.3 is 0 Å². The summed E-state index contributed by atoms with van der Waals surface area (Å²) in [5, 5.41) is 13.6. The van der Waals surface area contributed by atoms with Crippen molar-refractivity contribution in [3.05, 3.63) is 35.4 Å². The van der Waals surface area contributed by atoms with Crippen LogP contribution in [0, 0.1) is 17.8 Å². The summed E-state index contributed by atoms with van der Waals surface area (Å²) in [5.74, 6) is 2.05. The molecule has 3 unspecified atom stereocenters. The number of aliphatic hydroxyl groups is 1. The van der Waals surface area contributed by atoms with Gasteiger partial charge in [-0.1, -0.05) is 38.8 Å². The van der Waals surface area contributed by atoms with Crippen LogP contribution in [0.1, 0.15) is 64.6 Å². The maximum absolute atomic E-state index is 13.1. The highest BCUT2D eigenvalue weighted by Crippen LogP contribution is 2.28. The van der Waals surface area contributed by atoms with E-state index < -0.39 is 29.1 Å². The van der Waals surface area contributed by atoms with Crippen LogP contribution in [0.5, 0.6) is 0 Å². The molecular formula is C23H33N3O3. The van der Waals surface area contributed by atoms with Gasteiger partial charge in [0.1, 0.15) is 6.04 Å². The molecule has 0 bridgehead atoms. The first kappa shape index (κ1) is 22.9. The molecule has 0 radical (unpaired) electrons. The molecule has 1 heterocycles. The van der Waals surface area contributed by atoms with Crippen molar-refractivity contribution >= 4 is 11.8 Å². The molecule has 1 saturated heterocycles. The van der Waals surface area contributed by atoms with Crippen molar-refractivity contribution in [2.24, 2.45) is 11.1 Å². The molecule has 0 aliphatic carbocycles. The molecule has 2 amide bonds. The van der Waals surface area contributed by atoms with Gasteiger partial charge in [0.2, 0.25) is 11.8 Å². The lowest BCUT2D eigenvalue weighted by atomic mass is 9.86. The van der Waals surface area contributed by atoms with Crippen LogP contribution in [-0.2, 0) is 9.59 Å². The summed E-state index contributed by atoms with van der Waals surface area (Å²) in [6, 6.07) is 5.22. The molecule has 158 valence electrons. The van der Waals surface area contributed by atoms with E-state index in [2.05, 4.69) is 11.2 Å². The van der Waals surface area contributed by atoms with Crippen LogP contribution < -0.4 is 11.1 Å². The Morgan fingerprint density at radius 2 is 1.83 bits per heavy atom. The Balaban J connectivity index is 2.22. The first-order valence-corrected chi connectivity index (χ1v) is 10.0. The summed E-state index contributed by atoms with van der Waals surface area (Å²) in [4.78, 5) is 27.6. The molecule has 0 aromatic heterocycles. The summed E-state index contributed by atoms with van der Waals surface area (Å²) < 4.78 is 0. The highest BCUT2D eigenvalue weighted by Gasteiger charge is 2.41. The van der Waals surface area contributed by atoms with Crippen molar-refractivity contribution in [3.63, 3.8) is 0 Å². The van der Waals surface area contributed by atoms with Crippen LogP contribution >= 0.6 is 0 Å². The molecule has 4 N–H and O–H groups in total. The molecule has 1 aromatic rings. The molecule has 6 heteroatoms. The SMILES string of the molecule is C#Cc1ccc(C(NC(=O)C2CCCN2C(=O)C(N)C(C)(C)C)C(C)(C)O)cc1. The van der Waals surface area contributed by atoms with Crippen LogP contribution in [0.2, 0.25) is 0 Å². The van der Waals surface area contributed by atoms with Gasteiger partial charge in [0.25, 0.3) is 0 Å². The van der Waals surface area contributed by atoms with E-state index in [0.29, 0.717) is 13.0 Å². The summed E-state index contributed by atoms with van der Waals surface area (Å²) in [5.41, 5.74) is 6.01. The molecule has 1 fully saturated rings. The predicted molar refractivity (Wildman–Crippen MR) is 114 cm³/mol. The lowest BCUT2D eigenvalue weighted by Gasteiger charge is -2.35. The Kier molecular flexibility index (Phi) is 6.77. The van der Waals surface area contributed by atoms with E-state index >= 15 is 0 Å². The van der Waals surface area contributed by atoms with E-state index in [-0.39, 0.29) is 11.8 Å². The third-order valence-electron chi connectivity index (χ3n) is 5.44. The fourth-order valence-electron chi connectivity index (χ4n) is 3.53. The number of hydrogen-bond donors (Lipinski definition) is 3. The van der Waals surface area contributed by atoms with Gasteiger partial charge in [-0.05, 0) is 49.8 Å². The minimum absolute atomic E-state index is 0.215. The molecule has 1 aromatic carbocycles. The quantitative estimate of drug-likeness (QED) is 0.660. The van der Waals surface area contributed by atoms with E-state index in [9.17, 15) is 14.7 Å². The fourth-order valence-corrected chi connectivity index (χ4v) is 3.53. The second kappa shape index (κ2) is 8.56. The smallest absolute Gasteiger partial charge is 0.243 e. The summed E-state index contributed by atoms with van der Waals surface area (Å²) in [6.07, 6.45) is 6.72. The number of nitrogens with zero attached hydrogens (tertiary/aromatic N) is 1. The number of benzene rings is 1. The van der Waals surface area contributed by atoms with E-state index in [4.69, 9.17) is 12.2 Å². The second-order valence-electron chi connectivity index (χ2n) is 9.39. The summed E-state index contributed by atoms with van der Waals surface area (Å²) in [7, 11) is 0. The standard InChI is InChI=1S/C23H33N3O3/c1-7-15-10-12-16(13-11-15)19(23(5,6)29)25-20(27)17-9-8-14-26(17)21(28)18(24)22(2,3)4/h1,10-13,17-19,29H,8-9,14,24H2,2-6H3,(H,25,27). The molecule has 0 spiro atoms. The van der Waals surface area contributed by atoms with E-state index in [1.165, 1.54) is 0 Å². The molecule has 2 rings (SSSR count). The third kappa shape index (κ3) is 5.37.